The van der Waals surface area contributed by atoms with E-state index in [1.54, 1.807) is 13.2 Å². The van der Waals surface area contributed by atoms with Gasteiger partial charge in [-0.15, -0.1) is 0 Å². The van der Waals surface area contributed by atoms with Crippen LogP contribution in [0.15, 0.2) is 28.9 Å². The molecule has 1 N–H and O–H groups in total. The molecule has 0 saturated heterocycles. The largest absolute Gasteiger partial charge is 0.467 e. The van der Waals surface area contributed by atoms with Gasteiger partial charge in [0.05, 0.1) is 18.4 Å². The lowest BCUT2D eigenvalue weighted by molar-refractivity contribution is -0.134. The molecule has 166 valence electrons. The van der Waals surface area contributed by atoms with Crippen LogP contribution in [0.4, 0.5) is 0 Å². The van der Waals surface area contributed by atoms with Crippen LogP contribution in [0.1, 0.15) is 73.0 Å². The van der Waals surface area contributed by atoms with Crippen molar-refractivity contribution >= 4 is 11.9 Å². The lowest BCUT2D eigenvalue weighted by Crippen LogP contribution is -2.61. The first-order chi connectivity index (χ1) is 14.8. The van der Waals surface area contributed by atoms with E-state index in [1.807, 2.05) is 36.6 Å². The average Bonchev–Trinajstić information content (AvgIpc) is 3.30. The van der Waals surface area contributed by atoms with Crippen LogP contribution in [0.5, 0.6) is 0 Å². The average molecular weight is 425 g/mol. The van der Waals surface area contributed by atoms with E-state index in [9.17, 15) is 9.59 Å². The maximum absolute atomic E-state index is 13.0. The quantitative estimate of drug-likeness (QED) is 0.699. The molecule has 2 aromatic rings. The number of carbonyl (C=O) groups is 2. The van der Waals surface area contributed by atoms with Crippen molar-refractivity contribution in [3.63, 3.8) is 0 Å². The Morgan fingerprint density at radius 1 is 1.19 bits per heavy atom. The molecule has 2 aromatic heterocycles. The second kappa shape index (κ2) is 7.57. The highest BCUT2D eigenvalue weighted by molar-refractivity contribution is 5.93. The zero-order valence-electron chi connectivity index (χ0n) is 18.6. The minimum absolute atomic E-state index is 0.0780. The van der Waals surface area contributed by atoms with Gasteiger partial charge in [0.2, 0.25) is 0 Å². The van der Waals surface area contributed by atoms with Gasteiger partial charge in [0.25, 0.3) is 5.91 Å². The fourth-order valence-electron chi connectivity index (χ4n) is 6.71. The van der Waals surface area contributed by atoms with E-state index in [1.165, 1.54) is 19.3 Å². The summed E-state index contributed by atoms with van der Waals surface area (Å²) in [5, 5.41) is 3.31. The molecule has 4 aliphatic carbocycles. The molecule has 2 heterocycles. The molecule has 4 bridgehead atoms. The summed E-state index contributed by atoms with van der Waals surface area (Å²) in [6.07, 6.45) is 8.06. The molecule has 4 saturated carbocycles. The summed E-state index contributed by atoms with van der Waals surface area (Å²) in [6.45, 7) is 6.08. The number of aromatic nitrogens is 1. The smallest absolute Gasteiger partial charge is 0.340 e. The Kier molecular flexibility index (Phi) is 4.98. The summed E-state index contributed by atoms with van der Waals surface area (Å²) >= 11 is 0. The highest BCUT2D eigenvalue weighted by Gasteiger charge is 2.51. The van der Waals surface area contributed by atoms with Gasteiger partial charge >= 0.3 is 5.97 Å². The van der Waals surface area contributed by atoms with Gasteiger partial charge in [0.15, 0.2) is 6.10 Å². The standard InChI is InChI=1S/C25H32N2O4/c1-15-7-22(16(2)27(15)14-21-5-4-6-30-21)24(29)31-17(3)23(28)26-25-11-18-8-19(12-25)10-20(9-18)13-25/h4-7,17-20H,8-14H2,1-3H3,(H,26,28)/t17-,18?,19?,20?,25?/m1/s1. The van der Waals surface area contributed by atoms with E-state index in [0.29, 0.717) is 12.1 Å². The fraction of sp³-hybridized carbons (Fsp3) is 0.600. The predicted octanol–water partition coefficient (Wildman–Crippen LogP) is 4.38. The molecule has 4 fully saturated rings. The monoisotopic (exact) mass is 424 g/mol. The van der Waals surface area contributed by atoms with Gasteiger partial charge in [-0.1, -0.05) is 0 Å². The molecule has 1 atom stereocenters. The molecule has 0 unspecified atom stereocenters. The van der Waals surface area contributed by atoms with Crippen LogP contribution in [0.2, 0.25) is 0 Å². The molecule has 0 aliphatic heterocycles. The number of aryl methyl sites for hydroxylation is 1. The summed E-state index contributed by atoms with van der Waals surface area (Å²) in [5.41, 5.74) is 2.18. The Bertz CT molecular complexity index is 952. The maximum Gasteiger partial charge on any atom is 0.340 e. The molecule has 0 radical (unpaired) electrons. The van der Waals surface area contributed by atoms with Crippen molar-refractivity contribution < 1.29 is 18.7 Å². The molecule has 4 aliphatic rings. The van der Waals surface area contributed by atoms with E-state index in [2.05, 4.69) is 5.32 Å². The fourth-order valence-corrected chi connectivity index (χ4v) is 6.71. The van der Waals surface area contributed by atoms with Gasteiger partial charge in [-0.25, -0.2) is 4.79 Å². The van der Waals surface area contributed by atoms with Gasteiger partial charge in [-0.05, 0) is 95.2 Å². The number of nitrogens with zero attached hydrogens (tertiary/aromatic N) is 1. The number of furan rings is 1. The van der Waals surface area contributed by atoms with Crippen LogP contribution in [-0.2, 0) is 16.1 Å². The number of hydrogen-bond donors (Lipinski definition) is 1. The van der Waals surface area contributed by atoms with E-state index in [0.717, 1.165) is 54.2 Å². The topological polar surface area (TPSA) is 73.5 Å². The molecular formula is C25H32N2O4. The summed E-state index contributed by atoms with van der Waals surface area (Å²) in [6, 6.07) is 5.58. The predicted molar refractivity (Wildman–Crippen MR) is 116 cm³/mol. The third kappa shape index (κ3) is 3.81. The molecule has 0 spiro atoms. The molecular weight excluding hydrogens is 392 g/mol. The minimum Gasteiger partial charge on any atom is -0.467 e. The van der Waals surface area contributed by atoms with Crippen molar-refractivity contribution in [1.82, 2.24) is 9.88 Å². The number of nitrogens with one attached hydrogen (secondary N) is 1. The third-order valence-electron chi connectivity index (χ3n) is 7.77. The first-order valence-electron chi connectivity index (χ1n) is 11.5. The molecule has 1 amide bonds. The Morgan fingerprint density at radius 2 is 1.84 bits per heavy atom. The number of esters is 1. The zero-order chi connectivity index (χ0) is 21.8. The second-order valence-corrected chi connectivity index (χ2v) is 10.2. The van der Waals surface area contributed by atoms with Crippen LogP contribution in [0.3, 0.4) is 0 Å². The van der Waals surface area contributed by atoms with Gasteiger partial charge < -0.3 is 19.0 Å². The second-order valence-electron chi connectivity index (χ2n) is 10.2. The highest BCUT2D eigenvalue weighted by atomic mass is 16.5. The molecule has 6 rings (SSSR count). The number of carbonyl (C=O) groups excluding carboxylic acids is 2. The Morgan fingerprint density at radius 3 is 2.42 bits per heavy atom. The lowest BCUT2D eigenvalue weighted by Gasteiger charge is -2.57. The Balaban J connectivity index is 1.24. The number of ether oxygens (including phenoxy) is 1. The van der Waals surface area contributed by atoms with Gasteiger partial charge in [-0.3, -0.25) is 4.79 Å². The molecule has 0 aromatic carbocycles. The number of amides is 1. The van der Waals surface area contributed by atoms with Crippen molar-refractivity contribution in [1.29, 1.82) is 0 Å². The van der Waals surface area contributed by atoms with Gasteiger partial charge in [0.1, 0.15) is 5.76 Å². The normalized spacial score (nSPS) is 29.7. The molecule has 31 heavy (non-hydrogen) atoms. The van der Waals surface area contributed by atoms with Crippen molar-refractivity contribution in [3.05, 3.63) is 47.2 Å². The van der Waals surface area contributed by atoms with E-state index >= 15 is 0 Å². The van der Waals surface area contributed by atoms with Crippen molar-refractivity contribution in [2.45, 2.75) is 77.5 Å². The summed E-state index contributed by atoms with van der Waals surface area (Å²) in [5.74, 6) is 2.47. The van der Waals surface area contributed by atoms with Crippen molar-refractivity contribution in [2.75, 3.05) is 0 Å². The first-order valence-corrected chi connectivity index (χ1v) is 11.5. The van der Waals surface area contributed by atoms with Crippen LogP contribution in [-0.4, -0.2) is 28.1 Å². The van der Waals surface area contributed by atoms with Crippen LogP contribution >= 0.6 is 0 Å². The number of rotatable bonds is 6. The summed E-state index contributed by atoms with van der Waals surface area (Å²) < 4.78 is 13.1. The third-order valence-corrected chi connectivity index (χ3v) is 7.77. The maximum atomic E-state index is 13.0. The highest BCUT2D eigenvalue weighted by Crippen LogP contribution is 2.55. The Hall–Kier alpha value is -2.50. The minimum atomic E-state index is -0.811. The van der Waals surface area contributed by atoms with Crippen LogP contribution in [0, 0.1) is 31.6 Å². The van der Waals surface area contributed by atoms with E-state index in [4.69, 9.17) is 9.15 Å². The lowest BCUT2D eigenvalue weighted by atomic mass is 9.53. The molecule has 6 nitrogen and oxygen atoms in total. The number of hydrogen-bond acceptors (Lipinski definition) is 4. The Labute approximate surface area is 183 Å². The van der Waals surface area contributed by atoms with Gasteiger partial charge in [0, 0.05) is 16.9 Å². The van der Waals surface area contributed by atoms with Crippen molar-refractivity contribution in [3.8, 4) is 0 Å². The van der Waals surface area contributed by atoms with Crippen LogP contribution < -0.4 is 5.32 Å². The SMILES string of the molecule is Cc1cc(C(=O)O[C@H](C)C(=O)NC23CC4CC(CC(C4)C2)C3)c(C)n1Cc1ccco1. The molecule has 6 heteroatoms. The first kappa shape index (κ1) is 20.4. The van der Waals surface area contributed by atoms with Gasteiger partial charge in [-0.2, -0.15) is 0 Å². The van der Waals surface area contributed by atoms with E-state index < -0.39 is 12.1 Å². The van der Waals surface area contributed by atoms with Crippen molar-refractivity contribution in [2.24, 2.45) is 17.8 Å². The van der Waals surface area contributed by atoms with E-state index in [-0.39, 0.29) is 11.4 Å². The summed E-state index contributed by atoms with van der Waals surface area (Å²) in [4.78, 5) is 25.8. The zero-order valence-corrected chi connectivity index (χ0v) is 18.6. The van der Waals surface area contributed by atoms with Crippen LogP contribution in [0.25, 0.3) is 0 Å². The summed E-state index contributed by atoms with van der Waals surface area (Å²) in [7, 11) is 0.